The first-order valence-corrected chi connectivity index (χ1v) is 4.04. The maximum atomic E-state index is 11.7. The number of alkyl halides is 1. The highest BCUT2D eigenvalue weighted by Gasteiger charge is 2.03. The van der Waals surface area contributed by atoms with Crippen molar-refractivity contribution in [2.75, 3.05) is 13.2 Å². The molecule has 0 saturated carbocycles. The summed E-state index contributed by atoms with van der Waals surface area (Å²) in [6.07, 6.45) is 3.34. The first kappa shape index (κ1) is 9.70. The number of aromatic nitrogens is 2. The lowest BCUT2D eigenvalue weighted by molar-refractivity contribution is -0.121. The summed E-state index contributed by atoms with van der Waals surface area (Å²) in [5.41, 5.74) is 0. The molecule has 0 bridgehead atoms. The van der Waals surface area contributed by atoms with Gasteiger partial charge in [0.15, 0.2) is 0 Å². The average Bonchev–Trinajstić information content (AvgIpc) is 2.48. The molecule has 72 valence electrons. The van der Waals surface area contributed by atoms with Crippen molar-refractivity contribution in [1.29, 1.82) is 0 Å². The normalized spacial score (nSPS) is 10.0. The van der Waals surface area contributed by atoms with Crippen LogP contribution < -0.4 is 5.32 Å². The first-order valence-electron chi connectivity index (χ1n) is 4.04. The summed E-state index contributed by atoms with van der Waals surface area (Å²) in [7, 11) is 0. The molecular formula is C8H12FN3O. The second kappa shape index (κ2) is 4.59. The Morgan fingerprint density at radius 2 is 2.54 bits per heavy atom. The third-order valence-corrected chi connectivity index (χ3v) is 1.65. The predicted molar refractivity (Wildman–Crippen MR) is 45.9 cm³/mol. The number of nitrogens with one attached hydrogen (secondary N) is 1. The van der Waals surface area contributed by atoms with Gasteiger partial charge in [0.05, 0.1) is 0 Å². The summed E-state index contributed by atoms with van der Waals surface area (Å²) in [4.78, 5) is 15.1. The zero-order valence-electron chi connectivity index (χ0n) is 7.46. The van der Waals surface area contributed by atoms with Gasteiger partial charge in [0.25, 0.3) is 0 Å². The predicted octanol–water partition coefficient (Wildman–Crippen LogP) is 0.277. The van der Waals surface area contributed by atoms with E-state index in [9.17, 15) is 9.18 Å². The first-order chi connectivity index (χ1) is 6.24. The Hall–Kier alpha value is -1.39. The molecule has 1 aromatic rings. The van der Waals surface area contributed by atoms with Crippen molar-refractivity contribution in [3.05, 3.63) is 18.2 Å². The summed E-state index contributed by atoms with van der Waals surface area (Å²) >= 11 is 0. The van der Waals surface area contributed by atoms with Gasteiger partial charge in [-0.05, 0) is 6.92 Å². The second-order valence-electron chi connectivity index (χ2n) is 2.64. The Balaban J connectivity index is 2.41. The maximum Gasteiger partial charge on any atom is 0.240 e. The minimum Gasteiger partial charge on any atom is -0.352 e. The molecule has 4 nitrogen and oxygen atoms in total. The molecule has 0 unspecified atom stereocenters. The van der Waals surface area contributed by atoms with E-state index in [1.54, 1.807) is 17.0 Å². The molecular weight excluding hydrogens is 172 g/mol. The number of hydrogen-bond donors (Lipinski definition) is 1. The molecule has 0 aliphatic heterocycles. The molecule has 0 radical (unpaired) electrons. The van der Waals surface area contributed by atoms with Gasteiger partial charge in [0.1, 0.15) is 19.0 Å². The molecule has 1 heterocycles. The molecule has 0 fully saturated rings. The lowest BCUT2D eigenvalue weighted by Crippen LogP contribution is -2.29. The van der Waals surface area contributed by atoms with Crippen LogP contribution in [0.2, 0.25) is 0 Å². The smallest absolute Gasteiger partial charge is 0.240 e. The molecule has 13 heavy (non-hydrogen) atoms. The molecule has 1 rings (SSSR count). The minimum atomic E-state index is -0.533. The molecule has 0 saturated heterocycles. The average molecular weight is 184 g/mol. The maximum absolute atomic E-state index is 11.7. The molecule has 0 spiro atoms. The van der Waals surface area contributed by atoms with E-state index in [0.717, 1.165) is 5.82 Å². The van der Waals surface area contributed by atoms with Crippen LogP contribution in [0.3, 0.4) is 0 Å². The van der Waals surface area contributed by atoms with Crippen molar-refractivity contribution in [3.8, 4) is 0 Å². The van der Waals surface area contributed by atoms with Gasteiger partial charge in [-0.3, -0.25) is 4.79 Å². The number of carbonyl (C=O) groups is 1. The topological polar surface area (TPSA) is 46.9 Å². The van der Waals surface area contributed by atoms with E-state index in [0.29, 0.717) is 0 Å². The summed E-state index contributed by atoms with van der Waals surface area (Å²) in [6.45, 7) is 1.55. The second-order valence-corrected chi connectivity index (χ2v) is 2.64. The van der Waals surface area contributed by atoms with E-state index in [2.05, 4.69) is 10.3 Å². The number of carbonyl (C=O) groups excluding carboxylic acids is 1. The Kier molecular flexibility index (Phi) is 3.42. The van der Waals surface area contributed by atoms with E-state index in [1.165, 1.54) is 0 Å². The fourth-order valence-electron chi connectivity index (χ4n) is 0.968. The van der Waals surface area contributed by atoms with Gasteiger partial charge < -0.3 is 9.88 Å². The zero-order valence-corrected chi connectivity index (χ0v) is 7.46. The van der Waals surface area contributed by atoms with Crippen molar-refractivity contribution in [1.82, 2.24) is 14.9 Å². The van der Waals surface area contributed by atoms with Crippen molar-refractivity contribution < 1.29 is 9.18 Å². The van der Waals surface area contributed by atoms with Crippen LogP contribution in [0.5, 0.6) is 0 Å². The Bertz CT molecular complexity index is 285. The van der Waals surface area contributed by atoms with Gasteiger partial charge in [-0.2, -0.15) is 0 Å². The number of imidazole rings is 1. The number of aryl methyl sites for hydroxylation is 1. The third-order valence-electron chi connectivity index (χ3n) is 1.65. The summed E-state index contributed by atoms with van der Waals surface area (Å²) < 4.78 is 13.4. The fourth-order valence-corrected chi connectivity index (χ4v) is 0.968. The van der Waals surface area contributed by atoms with Crippen molar-refractivity contribution in [2.24, 2.45) is 0 Å². The number of nitrogens with zero attached hydrogens (tertiary/aromatic N) is 2. The standard InChI is InChI=1S/C8H12FN3O/c1-7-10-4-5-12(7)6-8(13)11-3-2-9/h4-5H,2-3,6H2,1H3,(H,11,13)/i9-1. The Morgan fingerprint density at radius 1 is 1.77 bits per heavy atom. The summed E-state index contributed by atoms with van der Waals surface area (Å²) in [6, 6.07) is 0. The van der Waals surface area contributed by atoms with Gasteiger partial charge in [-0.1, -0.05) is 0 Å². The summed E-state index contributed by atoms with van der Waals surface area (Å²) in [5, 5.41) is 2.44. The molecule has 0 aliphatic rings. The van der Waals surface area contributed by atoms with Crippen molar-refractivity contribution in [2.45, 2.75) is 13.5 Å². The van der Waals surface area contributed by atoms with Crippen LogP contribution >= 0.6 is 0 Å². The van der Waals surface area contributed by atoms with E-state index in [4.69, 9.17) is 0 Å². The van der Waals surface area contributed by atoms with Gasteiger partial charge in [0, 0.05) is 18.9 Å². The highest BCUT2D eigenvalue weighted by molar-refractivity contribution is 5.75. The number of hydrogen-bond acceptors (Lipinski definition) is 2. The monoisotopic (exact) mass is 184 g/mol. The van der Waals surface area contributed by atoms with Gasteiger partial charge in [-0.15, -0.1) is 0 Å². The van der Waals surface area contributed by atoms with Crippen molar-refractivity contribution >= 4 is 5.91 Å². The van der Waals surface area contributed by atoms with Gasteiger partial charge in [-0.25, -0.2) is 9.37 Å². The van der Waals surface area contributed by atoms with Crippen LogP contribution in [0, 0.1) is 6.92 Å². The molecule has 1 amide bonds. The lowest BCUT2D eigenvalue weighted by atomic mass is 10.5. The van der Waals surface area contributed by atoms with E-state index < -0.39 is 6.67 Å². The molecule has 0 atom stereocenters. The van der Waals surface area contributed by atoms with Crippen LogP contribution in [0.4, 0.5) is 4.39 Å². The van der Waals surface area contributed by atoms with Crippen LogP contribution in [0.25, 0.3) is 0 Å². The van der Waals surface area contributed by atoms with Crippen LogP contribution in [-0.2, 0) is 11.3 Å². The zero-order chi connectivity index (χ0) is 9.68. The van der Waals surface area contributed by atoms with Crippen molar-refractivity contribution in [3.63, 3.8) is 0 Å². The molecule has 0 aliphatic carbocycles. The third kappa shape index (κ3) is 2.85. The highest BCUT2D eigenvalue weighted by Crippen LogP contribution is 1.93. The van der Waals surface area contributed by atoms with Crippen LogP contribution in [0.15, 0.2) is 12.4 Å². The molecule has 0 aromatic carbocycles. The Morgan fingerprint density at radius 3 is 3.08 bits per heavy atom. The molecule has 1 N–H and O–H groups in total. The summed E-state index contributed by atoms with van der Waals surface area (Å²) in [5.74, 6) is 0.578. The van der Waals surface area contributed by atoms with Crippen LogP contribution in [0.1, 0.15) is 5.82 Å². The van der Waals surface area contributed by atoms with Gasteiger partial charge in [0.2, 0.25) is 5.91 Å². The van der Waals surface area contributed by atoms with E-state index >= 15 is 0 Å². The van der Waals surface area contributed by atoms with E-state index in [1.807, 2.05) is 6.92 Å². The van der Waals surface area contributed by atoms with E-state index in [-0.39, 0.29) is 19.0 Å². The molecule has 5 heteroatoms. The fraction of sp³-hybridized carbons (Fsp3) is 0.500. The number of rotatable bonds is 4. The quantitative estimate of drug-likeness (QED) is 0.730. The SMILES string of the molecule is Cc1nccn1CC(=O)NCC[18F]. The lowest BCUT2D eigenvalue weighted by Gasteiger charge is -2.04. The number of halogens is 1. The highest BCUT2D eigenvalue weighted by atomic mass is 18.2. The number of amides is 1. The largest absolute Gasteiger partial charge is 0.352 e. The molecule has 1 aromatic heterocycles. The van der Waals surface area contributed by atoms with Crippen LogP contribution in [-0.4, -0.2) is 28.7 Å². The van der Waals surface area contributed by atoms with Gasteiger partial charge >= 0.3 is 0 Å². The minimum absolute atomic E-state index is 0.0760. The Labute approximate surface area is 75.8 Å².